The minimum Gasteiger partial charge on any atom is -0.480 e. The first kappa shape index (κ1) is 13.3. The van der Waals surface area contributed by atoms with E-state index in [1.54, 1.807) is 19.1 Å². The maximum absolute atomic E-state index is 11.9. The van der Waals surface area contributed by atoms with Crippen LogP contribution in [-0.2, 0) is 4.79 Å². The van der Waals surface area contributed by atoms with Crippen molar-refractivity contribution >= 4 is 23.2 Å². The number of furan rings is 1. The monoisotopic (exact) mass is 280 g/mol. The van der Waals surface area contributed by atoms with Crippen LogP contribution in [0.4, 0.5) is 0 Å². The molecule has 2 heterocycles. The summed E-state index contributed by atoms with van der Waals surface area (Å²) < 4.78 is 5.18. The standard InChI is InChI=1S/C12H12N2O4S/c1-2-7(12(16)17)14-10(15)9-6-13-11(19-9)8-4-3-5-18-8/h3-7H,2H2,1H3,(H,14,15)(H,16,17). The zero-order valence-electron chi connectivity index (χ0n) is 10.1. The minimum absolute atomic E-state index is 0.324. The number of nitrogens with one attached hydrogen (secondary N) is 1. The first-order valence-corrected chi connectivity index (χ1v) is 6.46. The number of carbonyl (C=O) groups is 2. The maximum atomic E-state index is 11.9. The summed E-state index contributed by atoms with van der Waals surface area (Å²) in [5.41, 5.74) is 0. The van der Waals surface area contributed by atoms with Crippen molar-refractivity contribution in [2.75, 3.05) is 0 Å². The van der Waals surface area contributed by atoms with Gasteiger partial charge in [0.05, 0.1) is 12.5 Å². The van der Waals surface area contributed by atoms with Crippen LogP contribution in [0.3, 0.4) is 0 Å². The number of hydrogen-bond donors (Lipinski definition) is 2. The molecular weight excluding hydrogens is 268 g/mol. The van der Waals surface area contributed by atoms with E-state index in [-0.39, 0.29) is 0 Å². The molecule has 2 aromatic rings. The molecule has 6 nitrogen and oxygen atoms in total. The summed E-state index contributed by atoms with van der Waals surface area (Å²) in [5.74, 6) is -0.912. The largest absolute Gasteiger partial charge is 0.480 e. The Balaban J connectivity index is 2.10. The minimum atomic E-state index is -1.05. The van der Waals surface area contributed by atoms with Crippen LogP contribution in [0.15, 0.2) is 29.0 Å². The Bertz CT molecular complexity index is 576. The molecule has 0 spiro atoms. The third-order valence-corrected chi connectivity index (χ3v) is 3.48. The third kappa shape index (κ3) is 3.00. The van der Waals surface area contributed by atoms with E-state index in [1.807, 2.05) is 0 Å². The molecule has 0 aliphatic carbocycles. The topological polar surface area (TPSA) is 92.4 Å². The van der Waals surface area contributed by atoms with Crippen molar-refractivity contribution in [1.82, 2.24) is 10.3 Å². The molecule has 1 amide bonds. The molecule has 0 radical (unpaired) electrons. The Kier molecular flexibility index (Phi) is 3.96. The highest BCUT2D eigenvalue weighted by atomic mass is 32.1. The average Bonchev–Trinajstić information content (AvgIpc) is 3.04. The molecule has 1 unspecified atom stereocenters. The van der Waals surface area contributed by atoms with Crippen molar-refractivity contribution in [2.45, 2.75) is 19.4 Å². The molecule has 1 atom stereocenters. The fourth-order valence-corrected chi connectivity index (χ4v) is 2.25. The van der Waals surface area contributed by atoms with E-state index in [4.69, 9.17) is 9.52 Å². The molecule has 0 aromatic carbocycles. The number of hydrogen-bond acceptors (Lipinski definition) is 5. The Morgan fingerprint density at radius 1 is 1.58 bits per heavy atom. The van der Waals surface area contributed by atoms with E-state index in [9.17, 15) is 9.59 Å². The lowest BCUT2D eigenvalue weighted by Crippen LogP contribution is -2.39. The fraction of sp³-hybridized carbons (Fsp3) is 0.250. The predicted octanol–water partition coefficient (Wildman–Crippen LogP) is 2.00. The summed E-state index contributed by atoms with van der Waals surface area (Å²) in [6.07, 6.45) is 3.26. The second-order valence-corrected chi connectivity index (χ2v) is 4.81. The number of thiazole rings is 1. The first-order chi connectivity index (χ1) is 9.11. The van der Waals surface area contributed by atoms with Gasteiger partial charge in [-0.25, -0.2) is 9.78 Å². The van der Waals surface area contributed by atoms with Gasteiger partial charge in [-0.3, -0.25) is 4.79 Å². The second kappa shape index (κ2) is 5.66. The lowest BCUT2D eigenvalue weighted by atomic mass is 10.2. The van der Waals surface area contributed by atoms with E-state index >= 15 is 0 Å². The van der Waals surface area contributed by atoms with Crippen LogP contribution < -0.4 is 5.32 Å². The average molecular weight is 280 g/mol. The van der Waals surface area contributed by atoms with Crippen molar-refractivity contribution in [1.29, 1.82) is 0 Å². The first-order valence-electron chi connectivity index (χ1n) is 5.65. The molecule has 19 heavy (non-hydrogen) atoms. The lowest BCUT2D eigenvalue weighted by molar-refractivity contribution is -0.139. The number of carbonyl (C=O) groups excluding carboxylic acids is 1. The molecule has 0 bridgehead atoms. The molecule has 0 aliphatic heterocycles. The van der Waals surface area contributed by atoms with Crippen LogP contribution in [-0.4, -0.2) is 28.0 Å². The highest BCUT2D eigenvalue weighted by Crippen LogP contribution is 2.25. The summed E-state index contributed by atoms with van der Waals surface area (Å²) >= 11 is 1.15. The van der Waals surface area contributed by atoms with Gasteiger partial charge in [0, 0.05) is 0 Å². The van der Waals surface area contributed by atoms with Gasteiger partial charge in [0.25, 0.3) is 5.91 Å². The number of amides is 1. The van der Waals surface area contributed by atoms with Crippen LogP contribution in [0.5, 0.6) is 0 Å². The van der Waals surface area contributed by atoms with E-state index in [0.29, 0.717) is 22.1 Å². The zero-order valence-corrected chi connectivity index (χ0v) is 10.9. The van der Waals surface area contributed by atoms with Crippen LogP contribution in [0.1, 0.15) is 23.0 Å². The van der Waals surface area contributed by atoms with E-state index < -0.39 is 17.9 Å². The fourth-order valence-electron chi connectivity index (χ4n) is 1.46. The molecule has 100 valence electrons. The van der Waals surface area contributed by atoms with Crippen LogP contribution in [0.2, 0.25) is 0 Å². The van der Waals surface area contributed by atoms with E-state index in [0.717, 1.165) is 11.3 Å². The van der Waals surface area contributed by atoms with Gasteiger partial charge in [0.15, 0.2) is 10.8 Å². The van der Waals surface area contributed by atoms with Gasteiger partial charge in [-0.15, -0.1) is 11.3 Å². The highest BCUT2D eigenvalue weighted by Gasteiger charge is 2.20. The van der Waals surface area contributed by atoms with Crippen molar-refractivity contribution in [3.63, 3.8) is 0 Å². The number of carboxylic acids is 1. The number of nitrogens with zero attached hydrogens (tertiary/aromatic N) is 1. The zero-order chi connectivity index (χ0) is 13.8. The number of aliphatic carboxylic acids is 1. The molecule has 2 rings (SSSR count). The summed E-state index contributed by atoms with van der Waals surface area (Å²) in [7, 11) is 0. The number of carboxylic acid groups (broad SMARTS) is 1. The van der Waals surface area contributed by atoms with Crippen molar-refractivity contribution < 1.29 is 19.1 Å². The third-order valence-electron chi connectivity index (χ3n) is 2.47. The number of rotatable bonds is 5. The maximum Gasteiger partial charge on any atom is 0.326 e. The highest BCUT2D eigenvalue weighted by molar-refractivity contribution is 7.16. The predicted molar refractivity (Wildman–Crippen MR) is 69.0 cm³/mol. The van der Waals surface area contributed by atoms with Gasteiger partial charge in [-0.05, 0) is 18.6 Å². The normalized spacial score (nSPS) is 12.1. The summed E-state index contributed by atoms with van der Waals surface area (Å²) in [6, 6.07) is 2.59. The Labute approximate surface area is 113 Å². The smallest absolute Gasteiger partial charge is 0.326 e. The summed E-state index contributed by atoms with van der Waals surface area (Å²) in [6.45, 7) is 1.69. The SMILES string of the molecule is CCC(NC(=O)c1cnc(-c2ccco2)s1)C(=O)O. The Morgan fingerprint density at radius 2 is 2.37 bits per heavy atom. The van der Waals surface area contributed by atoms with Gasteiger partial charge in [-0.2, -0.15) is 0 Å². The van der Waals surface area contributed by atoms with Gasteiger partial charge in [0.1, 0.15) is 10.9 Å². The van der Waals surface area contributed by atoms with Crippen LogP contribution >= 0.6 is 11.3 Å². The van der Waals surface area contributed by atoms with Crippen molar-refractivity contribution in [3.05, 3.63) is 29.5 Å². The van der Waals surface area contributed by atoms with Crippen LogP contribution in [0, 0.1) is 0 Å². The Hall–Kier alpha value is -2.15. The molecule has 7 heteroatoms. The van der Waals surface area contributed by atoms with Gasteiger partial charge in [-0.1, -0.05) is 6.92 Å². The molecule has 0 fully saturated rings. The number of aromatic nitrogens is 1. The lowest BCUT2D eigenvalue weighted by Gasteiger charge is -2.10. The molecule has 2 aromatic heterocycles. The van der Waals surface area contributed by atoms with Gasteiger partial charge < -0.3 is 14.8 Å². The van der Waals surface area contributed by atoms with Crippen LogP contribution in [0.25, 0.3) is 10.8 Å². The molecular formula is C12H12N2O4S. The van der Waals surface area contributed by atoms with Gasteiger partial charge in [0.2, 0.25) is 0 Å². The van der Waals surface area contributed by atoms with E-state index in [1.165, 1.54) is 12.5 Å². The second-order valence-electron chi connectivity index (χ2n) is 3.78. The van der Waals surface area contributed by atoms with Crippen molar-refractivity contribution in [2.24, 2.45) is 0 Å². The molecule has 0 saturated carbocycles. The quantitative estimate of drug-likeness (QED) is 0.873. The molecule has 2 N–H and O–H groups in total. The molecule has 0 aliphatic rings. The van der Waals surface area contributed by atoms with E-state index in [2.05, 4.69) is 10.3 Å². The Morgan fingerprint density at radius 3 is 2.95 bits per heavy atom. The van der Waals surface area contributed by atoms with Gasteiger partial charge >= 0.3 is 5.97 Å². The summed E-state index contributed by atoms with van der Waals surface area (Å²) in [5, 5.41) is 11.9. The van der Waals surface area contributed by atoms with Crippen molar-refractivity contribution in [3.8, 4) is 10.8 Å². The molecule has 0 saturated heterocycles. The summed E-state index contributed by atoms with van der Waals surface area (Å²) in [4.78, 5) is 27.1.